The van der Waals surface area contributed by atoms with Crippen molar-refractivity contribution in [3.8, 4) is 17.3 Å². The Morgan fingerprint density at radius 3 is 2.69 bits per heavy atom. The van der Waals surface area contributed by atoms with Gasteiger partial charge >= 0.3 is 0 Å². The van der Waals surface area contributed by atoms with Crippen LogP contribution in [0.5, 0.6) is 6.01 Å². The van der Waals surface area contributed by atoms with E-state index in [0.29, 0.717) is 24.8 Å². The van der Waals surface area contributed by atoms with Crippen molar-refractivity contribution < 1.29 is 24.4 Å². The number of β-amino-alcohol motifs (C(OH)–C–C–N with tert-alkyl or cyclic N) is 1. The van der Waals surface area contributed by atoms with E-state index in [9.17, 15) is 10.2 Å². The van der Waals surface area contributed by atoms with Crippen LogP contribution in [0.2, 0.25) is 0 Å². The summed E-state index contributed by atoms with van der Waals surface area (Å²) in [5.74, 6) is 0. The molecular weight excluding hydrogens is 412 g/mol. The average Bonchev–Trinajstić information content (AvgIpc) is 3.55. The normalized spacial score (nSPS) is 29.7. The first kappa shape index (κ1) is 19.9. The summed E-state index contributed by atoms with van der Waals surface area (Å²) in [6.07, 6.45) is -1.01. The van der Waals surface area contributed by atoms with Crippen molar-refractivity contribution >= 4 is 16.9 Å². The van der Waals surface area contributed by atoms with Gasteiger partial charge in [-0.25, -0.2) is 4.98 Å². The van der Waals surface area contributed by atoms with Crippen LogP contribution in [0.1, 0.15) is 12.0 Å². The lowest BCUT2D eigenvalue weighted by atomic mass is 10.1. The van der Waals surface area contributed by atoms with E-state index < -0.39 is 6.10 Å². The van der Waals surface area contributed by atoms with Crippen LogP contribution in [0.3, 0.4) is 0 Å². The predicted molar refractivity (Wildman–Crippen MR) is 117 cm³/mol. The third-order valence-electron chi connectivity index (χ3n) is 6.56. The molecule has 3 N–H and O–H groups in total. The van der Waals surface area contributed by atoms with E-state index in [1.807, 2.05) is 13.0 Å². The third kappa shape index (κ3) is 3.41. The summed E-state index contributed by atoms with van der Waals surface area (Å²) in [5, 5.41) is 19.7. The highest BCUT2D eigenvalue weighted by molar-refractivity contribution is 5.78. The van der Waals surface area contributed by atoms with E-state index in [4.69, 9.17) is 19.2 Å². The molecule has 3 saturated heterocycles. The number of nitrogens with one attached hydrogen (secondary N) is 1. The molecular formula is C23H26N4O5. The van der Waals surface area contributed by atoms with Gasteiger partial charge in [0, 0.05) is 24.3 Å². The van der Waals surface area contributed by atoms with Crippen molar-refractivity contribution in [2.24, 2.45) is 0 Å². The molecule has 2 aromatic heterocycles. The van der Waals surface area contributed by atoms with Gasteiger partial charge in [0.1, 0.15) is 18.3 Å². The van der Waals surface area contributed by atoms with E-state index in [-0.39, 0.29) is 31.0 Å². The molecule has 0 radical (unpaired) electrons. The van der Waals surface area contributed by atoms with Crippen molar-refractivity contribution in [1.29, 1.82) is 0 Å². The standard InChI is InChI=1S/C23H26N4O5/c1-12-8-16-22(26-23(24-16)32-18-11-31-20-17(29)10-30-21(18)20)25-19(12)13-2-4-14(5-3-13)27-7-6-15(28)9-27/h2-5,8,15,17-18,20-21,28-29H,6-7,9-11H2,1H3,(H,24,25,26)/t15-,17-,18-,20-,21-/m1/s1. The number of nitrogens with zero attached hydrogens (tertiary/aromatic N) is 3. The summed E-state index contributed by atoms with van der Waals surface area (Å²) in [6, 6.07) is 10.7. The fourth-order valence-electron chi connectivity index (χ4n) is 4.86. The Labute approximate surface area is 185 Å². The van der Waals surface area contributed by atoms with Gasteiger partial charge in [-0.3, -0.25) is 0 Å². The van der Waals surface area contributed by atoms with Gasteiger partial charge in [0.15, 0.2) is 11.8 Å². The molecule has 32 heavy (non-hydrogen) atoms. The maximum absolute atomic E-state index is 9.90. The quantitative estimate of drug-likeness (QED) is 0.561. The Balaban J connectivity index is 1.23. The summed E-state index contributed by atoms with van der Waals surface area (Å²) in [6.45, 7) is 4.18. The second-order valence-electron chi connectivity index (χ2n) is 8.82. The molecule has 9 nitrogen and oxygen atoms in total. The summed E-state index contributed by atoms with van der Waals surface area (Å²) in [7, 11) is 0. The minimum atomic E-state index is -0.613. The van der Waals surface area contributed by atoms with Crippen molar-refractivity contribution in [1.82, 2.24) is 15.0 Å². The first-order valence-corrected chi connectivity index (χ1v) is 11.0. The van der Waals surface area contributed by atoms with Crippen molar-refractivity contribution in [2.45, 2.75) is 43.9 Å². The smallest absolute Gasteiger partial charge is 0.296 e. The lowest BCUT2D eigenvalue weighted by Crippen LogP contribution is -2.34. The molecule has 3 fully saturated rings. The zero-order valence-corrected chi connectivity index (χ0v) is 17.8. The maximum Gasteiger partial charge on any atom is 0.296 e. The number of H-pyrrole nitrogens is 1. The zero-order chi connectivity index (χ0) is 21.8. The molecule has 3 aliphatic rings. The van der Waals surface area contributed by atoms with Crippen LogP contribution in [-0.4, -0.2) is 82.0 Å². The molecule has 3 aliphatic heterocycles. The highest BCUT2D eigenvalue weighted by Gasteiger charge is 2.48. The molecule has 3 aromatic rings. The highest BCUT2D eigenvalue weighted by Crippen LogP contribution is 2.31. The molecule has 9 heteroatoms. The van der Waals surface area contributed by atoms with Crippen molar-refractivity contribution in [3.05, 3.63) is 35.9 Å². The molecule has 6 rings (SSSR count). The van der Waals surface area contributed by atoms with Gasteiger partial charge in [-0.2, -0.15) is 4.98 Å². The molecule has 0 amide bonds. The third-order valence-corrected chi connectivity index (χ3v) is 6.56. The predicted octanol–water partition coefficient (Wildman–Crippen LogP) is 1.41. The fourth-order valence-corrected chi connectivity index (χ4v) is 4.86. The lowest BCUT2D eigenvalue weighted by Gasteiger charge is -2.18. The first-order chi connectivity index (χ1) is 15.5. The Morgan fingerprint density at radius 2 is 1.91 bits per heavy atom. The van der Waals surface area contributed by atoms with Crippen LogP contribution < -0.4 is 9.64 Å². The Bertz CT molecular complexity index is 1130. The van der Waals surface area contributed by atoms with Gasteiger partial charge in [-0.1, -0.05) is 12.1 Å². The minimum Gasteiger partial charge on any atom is -0.456 e. The largest absolute Gasteiger partial charge is 0.456 e. The number of fused-ring (bicyclic) bond motifs is 2. The van der Waals surface area contributed by atoms with Crippen LogP contribution in [0.25, 0.3) is 22.4 Å². The summed E-state index contributed by atoms with van der Waals surface area (Å²) in [4.78, 5) is 14.7. The van der Waals surface area contributed by atoms with E-state index in [0.717, 1.165) is 41.0 Å². The van der Waals surface area contributed by atoms with E-state index in [1.165, 1.54) is 0 Å². The molecule has 168 valence electrons. The van der Waals surface area contributed by atoms with Gasteiger partial charge < -0.3 is 34.3 Å². The van der Waals surface area contributed by atoms with Gasteiger partial charge in [0.25, 0.3) is 6.01 Å². The van der Waals surface area contributed by atoms with Crippen LogP contribution in [-0.2, 0) is 9.47 Å². The topological polar surface area (TPSA) is 113 Å². The summed E-state index contributed by atoms with van der Waals surface area (Å²) < 4.78 is 17.2. The Hall–Kier alpha value is -2.72. The summed E-state index contributed by atoms with van der Waals surface area (Å²) in [5.41, 5.74) is 5.40. The second kappa shape index (κ2) is 7.70. The number of hydrogen-bond acceptors (Lipinski definition) is 8. The van der Waals surface area contributed by atoms with Crippen LogP contribution in [0.15, 0.2) is 30.3 Å². The van der Waals surface area contributed by atoms with Crippen molar-refractivity contribution in [3.63, 3.8) is 0 Å². The number of benzene rings is 1. The molecule has 0 saturated carbocycles. The number of imidazole rings is 1. The minimum absolute atomic E-state index is 0.246. The number of aliphatic hydroxyl groups excluding tert-OH is 2. The molecule has 0 bridgehead atoms. The fraction of sp³-hybridized carbons (Fsp3) is 0.478. The monoisotopic (exact) mass is 438 g/mol. The number of hydrogen-bond donors (Lipinski definition) is 3. The number of rotatable bonds is 4. The first-order valence-electron chi connectivity index (χ1n) is 11.0. The average molecular weight is 438 g/mol. The number of ether oxygens (including phenoxy) is 3. The van der Waals surface area contributed by atoms with Gasteiger partial charge in [0.05, 0.1) is 30.5 Å². The van der Waals surface area contributed by atoms with Crippen molar-refractivity contribution in [2.75, 3.05) is 31.2 Å². The zero-order valence-electron chi connectivity index (χ0n) is 17.8. The molecule has 0 spiro atoms. The lowest BCUT2D eigenvalue weighted by molar-refractivity contribution is 0.00706. The number of pyridine rings is 1. The Morgan fingerprint density at radius 1 is 1.09 bits per heavy atom. The van der Waals surface area contributed by atoms with Gasteiger partial charge in [0.2, 0.25) is 0 Å². The van der Waals surface area contributed by atoms with Gasteiger partial charge in [-0.05, 0) is 37.1 Å². The number of aliphatic hydroxyl groups is 2. The maximum atomic E-state index is 9.90. The number of aromatic nitrogens is 3. The molecule has 5 atom stereocenters. The van der Waals surface area contributed by atoms with E-state index in [1.54, 1.807) is 0 Å². The van der Waals surface area contributed by atoms with Crippen LogP contribution >= 0.6 is 0 Å². The number of anilines is 1. The number of aryl methyl sites for hydroxylation is 1. The van der Waals surface area contributed by atoms with Crippen LogP contribution in [0, 0.1) is 6.92 Å². The SMILES string of the molecule is Cc1cc2[nH]c(O[C@@H]3CO[C@H]4[C@@H]3OC[C@H]4O)nc2nc1-c1ccc(N2CC[C@@H](O)C2)cc1. The summed E-state index contributed by atoms with van der Waals surface area (Å²) >= 11 is 0. The number of aromatic amines is 1. The molecule has 1 aromatic carbocycles. The molecule has 0 unspecified atom stereocenters. The molecule has 0 aliphatic carbocycles. The Kier molecular flexibility index (Phi) is 4.80. The van der Waals surface area contributed by atoms with Crippen LogP contribution in [0.4, 0.5) is 5.69 Å². The van der Waals surface area contributed by atoms with Gasteiger partial charge in [-0.15, -0.1) is 0 Å². The van der Waals surface area contributed by atoms with E-state index >= 15 is 0 Å². The van der Waals surface area contributed by atoms with E-state index in [2.05, 4.69) is 39.1 Å². The second-order valence-corrected chi connectivity index (χ2v) is 8.82. The highest BCUT2D eigenvalue weighted by atomic mass is 16.6. The molecule has 5 heterocycles.